The fourth-order valence-corrected chi connectivity index (χ4v) is 0.0729. The molecular formula is C2FeMnN2. The van der Waals surface area contributed by atoms with Crippen molar-refractivity contribution in [1.82, 2.24) is 0 Å². The van der Waals surface area contributed by atoms with Gasteiger partial charge in [-0.05, 0) is 0 Å². The van der Waals surface area contributed by atoms with E-state index in [4.69, 9.17) is 10.5 Å². The van der Waals surface area contributed by atoms with E-state index in [-0.39, 0.29) is 32.0 Å². The Morgan fingerprint density at radius 2 is 1.50 bits per heavy atom. The van der Waals surface area contributed by atoms with Crippen molar-refractivity contribution in [3.8, 4) is 9.94 Å². The summed E-state index contributed by atoms with van der Waals surface area (Å²) in [5, 5.41) is 15.2. The van der Waals surface area contributed by atoms with Gasteiger partial charge >= 0.3 is 35.4 Å². The molecule has 0 N–H and O–H groups in total. The molecule has 0 aliphatic carbocycles. The second-order valence-electron chi connectivity index (χ2n) is 0.247. The number of nitrogens with zero attached hydrogens (tertiary/aromatic N) is 2. The Morgan fingerprint density at radius 3 is 1.50 bits per heavy atom. The van der Waals surface area contributed by atoms with Crippen LogP contribution >= 0.6 is 0 Å². The number of hydrogen-bond donors (Lipinski definition) is 0. The summed E-state index contributed by atoms with van der Waals surface area (Å²) in [6.45, 7) is 0. The third-order valence-electron chi connectivity index (χ3n) is 0.0791. The van der Waals surface area contributed by atoms with Crippen molar-refractivity contribution in [3.05, 3.63) is 0 Å². The largest absolute Gasteiger partial charge is 0 e. The quantitative estimate of drug-likeness (QED) is 0.472. The maximum Gasteiger partial charge on any atom is 0 e. The average molecular weight is 163 g/mol. The van der Waals surface area contributed by atoms with Crippen LogP contribution in [0.3, 0.4) is 0 Å². The van der Waals surface area contributed by atoms with Crippen LogP contribution in [0.15, 0.2) is 0 Å². The van der Waals surface area contributed by atoms with E-state index in [0.717, 1.165) is 0 Å². The topological polar surface area (TPSA) is 47.6 Å². The van der Waals surface area contributed by atoms with Crippen molar-refractivity contribution in [1.29, 1.82) is 10.5 Å². The molecule has 0 unspecified atom stereocenters. The van der Waals surface area contributed by atoms with Crippen molar-refractivity contribution in [2.45, 2.75) is 0 Å². The minimum Gasteiger partial charge on any atom is 0 e. The Balaban J connectivity index is 0. The molecule has 1 radical (unpaired) electrons. The van der Waals surface area contributed by atoms with Crippen LogP contribution in [0.5, 0.6) is 0 Å². The summed E-state index contributed by atoms with van der Waals surface area (Å²) in [4.78, 5) is 3.31. The third kappa shape index (κ3) is 8.99. The van der Waals surface area contributed by atoms with Gasteiger partial charge < -0.3 is 0 Å². The van der Waals surface area contributed by atoms with E-state index in [2.05, 4.69) is 0 Å². The maximum atomic E-state index is 7.59. The minimum absolute atomic E-state index is 0. The molecule has 0 aromatic rings. The van der Waals surface area contributed by atoms with Crippen molar-refractivity contribution < 1.29 is 32.0 Å². The van der Waals surface area contributed by atoms with E-state index in [9.17, 15) is 0 Å². The summed E-state index contributed by atoms with van der Waals surface area (Å²) in [7, 11) is 0. The van der Waals surface area contributed by atoms with Crippen LogP contribution in [0.4, 0.5) is 0 Å². The van der Waals surface area contributed by atoms with Crippen LogP contribution in [0, 0.1) is 20.5 Å². The van der Waals surface area contributed by atoms with Crippen LogP contribution in [0.1, 0.15) is 0 Å². The Kier molecular flexibility index (Phi) is 13.9. The molecule has 2 nitrogen and oxygen atoms in total. The monoisotopic (exact) mass is 163 g/mol. The summed E-state index contributed by atoms with van der Waals surface area (Å²) in [5.74, 6) is 0. The zero-order valence-electron chi connectivity index (χ0n) is 2.63. The summed E-state index contributed by atoms with van der Waals surface area (Å²) >= 11 is 0. The maximum absolute atomic E-state index is 7.59. The molecule has 0 aliphatic rings. The molecule has 0 bridgehead atoms. The number of rotatable bonds is 0. The molecule has 0 heterocycles. The van der Waals surface area contributed by atoms with Gasteiger partial charge in [-0.15, -0.1) is 0 Å². The molecule has 4 heteroatoms. The standard InChI is InChI=1S/2CN.Fe.Mn/c2*1-2;;. The van der Waals surface area contributed by atoms with E-state index in [1.807, 2.05) is 0 Å². The smallest absolute Gasteiger partial charge is 0 e. The van der Waals surface area contributed by atoms with Gasteiger partial charge in [-0.3, -0.25) is 0 Å². The third-order valence-corrected chi connectivity index (χ3v) is 0.326. The van der Waals surface area contributed by atoms with Crippen molar-refractivity contribution in [2.75, 3.05) is 0 Å². The minimum atomic E-state index is 0. The Morgan fingerprint density at radius 1 is 1.17 bits per heavy atom. The summed E-state index contributed by atoms with van der Waals surface area (Å²) in [6, 6.07) is 0. The van der Waals surface area contributed by atoms with Gasteiger partial charge in [0.1, 0.15) is 0 Å². The van der Waals surface area contributed by atoms with Gasteiger partial charge in [0, 0.05) is 17.1 Å². The molecule has 33 valence electrons. The van der Waals surface area contributed by atoms with Gasteiger partial charge in [0.15, 0.2) is 0 Å². The second kappa shape index (κ2) is 8.89. The summed E-state index contributed by atoms with van der Waals surface area (Å²) in [6.07, 6.45) is 0. The van der Waals surface area contributed by atoms with Gasteiger partial charge in [0.2, 0.25) is 0 Å². The first-order chi connectivity index (χ1) is 2.41. The number of nitriles is 2. The zero-order valence-corrected chi connectivity index (χ0v) is 4.91. The molecule has 0 aliphatic heterocycles. The zero-order chi connectivity index (χ0) is 4.12. The SMILES string of the molecule is N#[C][Fe][C]#N.[Mn]. The van der Waals surface area contributed by atoms with E-state index in [1.54, 1.807) is 9.94 Å². The molecule has 0 saturated carbocycles. The van der Waals surface area contributed by atoms with Gasteiger partial charge in [-0.25, -0.2) is 0 Å². The van der Waals surface area contributed by atoms with Crippen LogP contribution < -0.4 is 0 Å². The first-order valence-electron chi connectivity index (χ1n) is 0.801. The predicted octanol–water partition coefficient (Wildman–Crippen LogP) is 0.0286. The van der Waals surface area contributed by atoms with Crippen molar-refractivity contribution in [3.63, 3.8) is 0 Å². The van der Waals surface area contributed by atoms with E-state index < -0.39 is 0 Å². The van der Waals surface area contributed by atoms with Gasteiger partial charge in [-0.1, -0.05) is 0 Å². The van der Waals surface area contributed by atoms with Crippen LogP contribution in [-0.4, -0.2) is 0 Å². The first kappa shape index (κ1) is 9.39. The predicted molar refractivity (Wildman–Crippen MR) is 11.2 cm³/mol. The Hall–Kier alpha value is 0.0190. The van der Waals surface area contributed by atoms with Crippen molar-refractivity contribution in [2.24, 2.45) is 0 Å². The van der Waals surface area contributed by atoms with Gasteiger partial charge in [0.05, 0.1) is 0 Å². The average Bonchev–Trinajstić information content (AvgIpc) is 1.41. The van der Waals surface area contributed by atoms with Gasteiger partial charge in [-0.2, -0.15) is 0 Å². The van der Waals surface area contributed by atoms with Crippen LogP contribution in [0.2, 0.25) is 0 Å². The number of hydrogen-bond acceptors (Lipinski definition) is 2. The molecule has 0 saturated heterocycles. The first-order valence-corrected chi connectivity index (χ1v) is 1.90. The normalized spacial score (nSPS) is 4.33. The molecule has 6 heavy (non-hydrogen) atoms. The van der Waals surface area contributed by atoms with Crippen molar-refractivity contribution >= 4 is 0 Å². The second-order valence-corrected chi connectivity index (χ2v) is 1.02. The van der Waals surface area contributed by atoms with E-state index in [0.29, 0.717) is 0 Å². The van der Waals surface area contributed by atoms with E-state index >= 15 is 0 Å². The molecule has 0 fully saturated rings. The van der Waals surface area contributed by atoms with Crippen LogP contribution in [-0.2, 0) is 32.0 Å². The van der Waals surface area contributed by atoms with E-state index in [1.165, 1.54) is 0 Å². The molecule has 0 aromatic heterocycles. The Labute approximate surface area is 52.8 Å². The van der Waals surface area contributed by atoms with Gasteiger partial charge in [0.25, 0.3) is 0 Å². The Bertz CT molecular complexity index is 76.7. The summed E-state index contributed by atoms with van der Waals surface area (Å²) in [5.41, 5.74) is 0. The molecule has 0 aromatic carbocycles. The molecule has 0 spiro atoms. The molecule has 0 atom stereocenters. The summed E-state index contributed by atoms with van der Waals surface area (Å²) < 4.78 is 0. The molecule has 0 amide bonds. The fraction of sp³-hybridized carbons (Fsp3) is 0. The molecular weight excluding hydrogens is 163 g/mol. The van der Waals surface area contributed by atoms with Crippen LogP contribution in [0.25, 0.3) is 0 Å². The fourth-order valence-electron chi connectivity index (χ4n) is 0.0177. The molecule has 0 rings (SSSR count).